The van der Waals surface area contributed by atoms with E-state index >= 15 is 0 Å². The SMILES string of the molecule is c1ccc2cc3c(cc2c1)-c1cc2c(-c4c5ccccc5c(-c5ccc6sc7ccccc7c6c5)c5ccccc45)cccc2cc1C31C2CC3CC(C2)CC1C3. The molecule has 4 bridgehead atoms. The summed E-state index contributed by atoms with van der Waals surface area (Å²) >= 11 is 1.89. The molecule has 5 aliphatic carbocycles. The van der Waals surface area contributed by atoms with Crippen LogP contribution in [0.4, 0.5) is 0 Å². The lowest BCUT2D eigenvalue weighted by atomic mass is 9.43. The Balaban J connectivity index is 1.05. The second-order valence-electron chi connectivity index (χ2n) is 18.0. The zero-order valence-corrected chi connectivity index (χ0v) is 32.6. The van der Waals surface area contributed by atoms with Gasteiger partial charge in [0.15, 0.2) is 0 Å². The van der Waals surface area contributed by atoms with E-state index in [9.17, 15) is 0 Å². The van der Waals surface area contributed by atoms with E-state index in [1.165, 1.54) is 129 Å². The number of thiophene rings is 1. The highest BCUT2D eigenvalue weighted by Crippen LogP contribution is 2.70. The first-order valence-corrected chi connectivity index (χ1v) is 22.0. The van der Waals surface area contributed by atoms with Crippen molar-refractivity contribution in [2.45, 2.75) is 37.5 Å². The summed E-state index contributed by atoms with van der Waals surface area (Å²) in [7, 11) is 0. The Kier molecular flexibility index (Phi) is 6.16. The lowest BCUT2D eigenvalue weighted by Gasteiger charge is -2.61. The first kappa shape index (κ1) is 31.3. The lowest BCUT2D eigenvalue weighted by Crippen LogP contribution is -2.55. The number of hydrogen-bond acceptors (Lipinski definition) is 1. The van der Waals surface area contributed by atoms with Gasteiger partial charge in [0.2, 0.25) is 0 Å². The van der Waals surface area contributed by atoms with Crippen LogP contribution in [-0.4, -0.2) is 0 Å². The monoisotopic (exact) mass is 744 g/mol. The topological polar surface area (TPSA) is 0 Å². The Morgan fingerprint density at radius 1 is 0.368 bits per heavy atom. The van der Waals surface area contributed by atoms with Gasteiger partial charge >= 0.3 is 0 Å². The molecule has 1 aromatic heterocycles. The maximum absolute atomic E-state index is 2.68. The van der Waals surface area contributed by atoms with E-state index in [1.807, 2.05) is 11.3 Å². The molecule has 1 heterocycles. The molecule has 57 heavy (non-hydrogen) atoms. The van der Waals surface area contributed by atoms with Crippen LogP contribution in [0.2, 0.25) is 0 Å². The maximum Gasteiger partial charge on any atom is 0.0355 e. The molecule has 15 rings (SSSR count). The summed E-state index contributed by atoms with van der Waals surface area (Å²) in [5, 5.41) is 13.5. The molecule has 9 aromatic carbocycles. The molecule has 4 fully saturated rings. The number of benzene rings is 9. The van der Waals surface area contributed by atoms with E-state index < -0.39 is 0 Å². The van der Waals surface area contributed by atoms with Crippen LogP contribution in [0.15, 0.2) is 158 Å². The minimum absolute atomic E-state index is 0.127. The summed E-state index contributed by atoms with van der Waals surface area (Å²) in [6.45, 7) is 0. The van der Waals surface area contributed by atoms with Crippen molar-refractivity contribution in [3.63, 3.8) is 0 Å². The van der Waals surface area contributed by atoms with Crippen molar-refractivity contribution in [3.8, 4) is 33.4 Å². The summed E-state index contributed by atoms with van der Waals surface area (Å²) in [4.78, 5) is 0. The first-order chi connectivity index (χ1) is 28.2. The Hall–Kier alpha value is -5.76. The molecule has 0 aliphatic heterocycles. The average Bonchev–Trinajstić information content (AvgIpc) is 3.75. The number of rotatable bonds is 2. The summed E-state index contributed by atoms with van der Waals surface area (Å²) < 4.78 is 2.70. The largest absolute Gasteiger partial charge is 0.135 e. The predicted molar refractivity (Wildman–Crippen MR) is 243 cm³/mol. The van der Waals surface area contributed by atoms with Gasteiger partial charge in [0.25, 0.3) is 0 Å². The van der Waals surface area contributed by atoms with Crippen LogP contribution >= 0.6 is 11.3 Å². The van der Waals surface area contributed by atoms with Crippen molar-refractivity contribution >= 4 is 74.6 Å². The van der Waals surface area contributed by atoms with Crippen LogP contribution in [0.25, 0.3) is 96.6 Å². The molecule has 0 radical (unpaired) electrons. The summed E-state index contributed by atoms with van der Waals surface area (Å²) in [5.74, 6) is 3.33. The van der Waals surface area contributed by atoms with Crippen molar-refractivity contribution < 1.29 is 0 Å². The summed E-state index contributed by atoms with van der Waals surface area (Å²) in [6, 6.07) is 61.1. The van der Waals surface area contributed by atoms with Gasteiger partial charge in [0, 0.05) is 25.6 Å². The number of fused-ring (bicyclic) bond motifs is 10. The first-order valence-electron chi connectivity index (χ1n) is 21.2. The second kappa shape index (κ2) is 11.2. The third-order valence-electron chi connectivity index (χ3n) is 15.4. The van der Waals surface area contributed by atoms with E-state index in [0.717, 1.165) is 23.7 Å². The summed E-state index contributed by atoms with van der Waals surface area (Å²) in [5.41, 5.74) is 11.7. The molecular weight excluding hydrogens is 705 g/mol. The Morgan fingerprint density at radius 2 is 0.912 bits per heavy atom. The molecular formula is C56H40S. The van der Waals surface area contributed by atoms with Gasteiger partial charge in [-0.25, -0.2) is 0 Å². The molecule has 0 atom stereocenters. The van der Waals surface area contributed by atoms with Crippen molar-refractivity contribution in [2.24, 2.45) is 23.7 Å². The van der Waals surface area contributed by atoms with E-state index in [1.54, 1.807) is 11.1 Å². The molecule has 5 aliphatic rings. The van der Waals surface area contributed by atoms with Gasteiger partial charge in [-0.2, -0.15) is 0 Å². The molecule has 270 valence electrons. The highest BCUT2D eigenvalue weighted by molar-refractivity contribution is 7.25. The van der Waals surface area contributed by atoms with Gasteiger partial charge in [0.05, 0.1) is 0 Å². The molecule has 1 heteroatoms. The van der Waals surface area contributed by atoms with Gasteiger partial charge in [0.1, 0.15) is 0 Å². The van der Waals surface area contributed by atoms with Crippen LogP contribution in [0.3, 0.4) is 0 Å². The standard InChI is InChI=1S/C56H40S/c1-2-11-35-29-50-47(27-34(35)10-1)48-31-46-36(30-51(48)56(50)38-23-32-22-33(25-38)26-39(56)24-32)12-9-18-45(46)55-43-16-5-3-14-41(43)54(42-15-4-6-17-44(42)55)37-20-21-53-49(28-37)40-13-7-8-19-52(40)57-53/h1-21,27-33,38-39H,22-26H2. The third-order valence-corrected chi connectivity index (χ3v) is 16.5. The molecule has 0 amide bonds. The molecule has 0 unspecified atom stereocenters. The van der Waals surface area contributed by atoms with E-state index in [2.05, 4.69) is 158 Å². The van der Waals surface area contributed by atoms with Gasteiger partial charge < -0.3 is 0 Å². The maximum atomic E-state index is 2.68. The van der Waals surface area contributed by atoms with Crippen molar-refractivity contribution in [3.05, 3.63) is 169 Å². The van der Waals surface area contributed by atoms with Gasteiger partial charge in [-0.05, 0) is 186 Å². The van der Waals surface area contributed by atoms with Crippen molar-refractivity contribution in [1.82, 2.24) is 0 Å². The molecule has 0 N–H and O–H groups in total. The van der Waals surface area contributed by atoms with E-state index in [4.69, 9.17) is 0 Å². The van der Waals surface area contributed by atoms with Gasteiger partial charge in [-0.3, -0.25) is 0 Å². The lowest BCUT2D eigenvalue weighted by molar-refractivity contribution is -0.0398. The predicted octanol–water partition coefficient (Wildman–Crippen LogP) is 15.7. The molecule has 0 nitrogen and oxygen atoms in total. The van der Waals surface area contributed by atoms with Crippen LogP contribution in [0, 0.1) is 23.7 Å². The highest BCUT2D eigenvalue weighted by Gasteiger charge is 2.61. The third kappa shape index (κ3) is 4.08. The molecule has 0 saturated heterocycles. The minimum atomic E-state index is 0.127. The molecule has 4 saturated carbocycles. The van der Waals surface area contributed by atoms with Crippen LogP contribution < -0.4 is 0 Å². The fourth-order valence-electron chi connectivity index (χ4n) is 13.5. The van der Waals surface area contributed by atoms with E-state index in [0.29, 0.717) is 0 Å². The minimum Gasteiger partial charge on any atom is -0.135 e. The highest BCUT2D eigenvalue weighted by atomic mass is 32.1. The smallest absolute Gasteiger partial charge is 0.0355 e. The molecule has 10 aromatic rings. The van der Waals surface area contributed by atoms with Crippen LogP contribution in [0.1, 0.15) is 43.2 Å². The van der Waals surface area contributed by atoms with Crippen molar-refractivity contribution in [2.75, 3.05) is 0 Å². The zero-order valence-electron chi connectivity index (χ0n) is 31.8. The second-order valence-corrected chi connectivity index (χ2v) is 19.1. The number of hydrogen-bond donors (Lipinski definition) is 0. The molecule has 1 spiro atoms. The van der Waals surface area contributed by atoms with Gasteiger partial charge in [-0.1, -0.05) is 115 Å². The Morgan fingerprint density at radius 3 is 1.61 bits per heavy atom. The Bertz CT molecular complexity index is 3290. The Labute approximate surface area is 336 Å². The van der Waals surface area contributed by atoms with Gasteiger partial charge in [-0.15, -0.1) is 11.3 Å². The normalized spacial score (nSPS) is 23.2. The van der Waals surface area contributed by atoms with Crippen molar-refractivity contribution in [1.29, 1.82) is 0 Å². The summed E-state index contributed by atoms with van der Waals surface area (Å²) in [6.07, 6.45) is 7.07. The fourth-order valence-corrected chi connectivity index (χ4v) is 14.6. The van der Waals surface area contributed by atoms with Crippen LogP contribution in [0.5, 0.6) is 0 Å². The van der Waals surface area contributed by atoms with Crippen LogP contribution in [-0.2, 0) is 5.41 Å². The quantitative estimate of drug-likeness (QED) is 0.155. The zero-order chi connectivity index (χ0) is 37.0. The average molecular weight is 745 g/mol. The fraction of sp³-hybridized carbons (Fsp3) is 0.179. The van der Waals surface area contributed by atoms with E-state index in [-0.39, 0.29) is 5.41 Å².